The van der Waals surface area contributed by atoms with E-state index in [9.17, 15) is 9.46 Å². The molecule has 1 N–H and O–H groups in total. The first-order valence-corrected chi connectivity index (χ1v) is 17.2. The molecule has 2 atom stereocenters. The Balaban J connectivity index is 3.80. The Morgan fingerprint density at radius 3 is 2.00 bits per heavy atom. The summed E-state index contributed by atoms with van der Waals surface area (Å²) in [6.07, 6.45) is 14.0. The zero-order chi connectivity index (χ0) is 21.7. The first-order valence-electron chi connectivity index (χ1n) is 11.7. The molecule has 0 bridgehead atoms. The van der Waals surface area contributed by atoms with E-state index in [2.05, 4.69) is 40.7 Å². The zero-order valence-electron chi connectivity index (χ0n) is 19.8. The molecule has 2 unspecified atom stereocenters. The van der Waals surface area contributed by atoms with E-state index in [0.29, 0.717) is 6.42 Å². The molecule has 0 spiro atoms. The number of quaternary nitrogens is 1. The van der Waals surface area contributed by atoms with Crippen molar-refractivity contribution in [2.45, 2.75) is 103 Å². The van der Waals surface area contributed by atoms with E-state index >= 15 is 0 Å². The Kier molecular flexibility index (Phi) is 14.5. The van der Waals surface area contributed by atoms with Crippen LogP contribution in [0, 0.1) is 5.92 Å². The molecule has 0 rings (SSSR count). The van der Waals surface area contributed by atoms with Crippen LogP contribution in [0.25, 0.3) is 0 Å². The monoisotopic (exact) mass is 435 g/mol. The summed E-state index contributed by atoms with van der Waals surface area (Å²) >= 11 is 0. The Bertz CT molecular complexity index is 432. The van der Waals surface area contributed by atoms with Crippen molar-refractivity contribution in [2.24, 2.45) is 5.92 Å². The lowest BCUT2D eigenvalue weighted by molar-refractivity contribution is -0.890. The van der Waals surface area contributed by atoms with E-state index in [1.807, 2.05) is 0 Å². The van der Waals surface area contributed by atoms with Crippen molar-refractivity contribution in [1.29, 1.82) is 0 Å². The van der Waals surface area contributed by atoms with Gasteiger partial charge >= 0.3 is 0 Å². The van der Waals surface area contributed by atoms with Gasteiger partial charge in [-0.15, -0.1) is 0 Å². The van der Waals surface area contributed by atoms with Crippen molar-refractivity contribution in [2.75, 3.05) is 33.3 Å². The fourth-order valence-corrected chi connectivity index (χ4v) is 5.88. The van der Waals surface area contributed by atoms with Gasteiger partial charge in [0.05, 0.1) is 27.2 Å². The van der Waals surface area contributed by atoms with Gasteiger partial charge in [-0.1, -0.05) is 84.0 Å². The standard InChI is InChI=1S/C22H50NO3PSi/c1-7-15-22(17-13-21-28(4,5)6)16-11-9-8-10-12-18-23(2,3)19-14-20-27(24,25)26/h22H,7-21H2,1-6H3,(H-,24,25,26). The molecular weight excluding hydrogens is 385 g/mol. The molecule has 0 radical (unpaired) electrons. The van der Waals surface area contributed by atoms with Crippen LogP contribution < -0.4 is 4.89 Å². The third kappa shape index (κ3) is 19.6. The second kappa shape index (κ2) is 14.4. The van der Waals surface area contributed by atoms with Gasteiger partial charge in [-0.05, 0) is 18.8 Å². The van der Waals surface area contributed by atoms with Crippen LogP contribution in [0.15, 0.2) is 0 Å². The van der Waals surface area contributed by atoms with Crippen molar-refractivity contribution in [1.82, 2.24) is 0 Å². The van der Waals surface area contributed by atoms with Crippen LogP contribution in [0.5, 0.6) is 0 Å². The molecule has 0 fully saturated rings. The summed E-state index contributed by atoms with van der Waals surface area (Å²) in [5, 5.41) is 0. The first kappa shape index (κ1) is 28.3. The van der Waals surface area contributed by atoms with Crippen LogP contribution in [-0.2, 0) is 4.57 Å². The number of nitrogens with zero attached hydrogens (tertiary/aromatic N) is 1. The Hall–Kier alpha value is 0.327. The summed E-state index contributed by atoms with van der Waals surface area (Å²) in [5.41, 5.74) is 0. The Morgan fingerprint density at radius 2 is 1.43 bits per heavy atom. The molecule has 0 aliphatic heterocycles. The molecule has 0 aliphatic rings. The van der Waals surface area contributed by atoms with E-state index in [0.717, 1.165) is 23.5 Å². The summed E-state index contributed by atoms with van der Waals surface area (Å²) in [5.74, 6) is 0.945. The molecule has 0 aliphatic carbocycles. The van der Waals surface area contributed by atoms with E-state index in [1.165, 1.54) is 70.3 Å². The molecule has 0 saturated heterocycles. The van der Waals surface area contributed by atoms with Crippen LogP contribution in [-0.4, -0.2) is 50.8 Å². The van der Waals surface area contributed by atoms with Crippen LogP contribution in [0.4, 0.5) is 0 Å². The van der Waals surface area contributed by atoms with E-state index < -0.39 is 15.7 Å². The third-order valence-corrected chi connectivity index (χ3v) is 8.55. The fraction of sp³-hybridized carbons (Fsp3) is 1.00. The third-order valence-electron chi connectivity index (χ3n) is 5.82. The van der Waals surface area contributed by atoms with Gasteiger partial charge < -0.3 is 18.8 Å². The van der Waals surface area contributed by atoms with Gasteiger partial charge in [-0.2, -0.15) is 0 Å². The minimum absolute atomic E-state index is 0.0917. The predicted octanol–water partition coefficient (Wildman–Crippen LogP) is 5.87. The van der Waals surface area contributed by atoms with Gasteiger partial charge in [0.1, 0.15) is 7.60 Å². The molecule has 170 valence electrons. The van der Waals surface area contributed by atoms with Crippen molar-refractivity contribution < 1.29 is 18.8 Å². The summed E-state index contributed by atoms with van der Waals surface area (Å²) in [6, 6.07) is 1.48. The molecule has 0 aromatic carbocycles. The normalized spacial score (nSPS) is 16.1. The smallest absolute Gasteiger partial charge is 0.132 e. The highest BCUT2D eigenvalue weighted by molar-refractivity contribution is 7.50. The SMILES string of the molecule is CCCC(CCCCCCC[N+](C)(C)CCCP(=O)([O-])O)CCC[Si](C)(C)C. The molecule has 0 amide bonds. The van der Waals surface area contributed by atoms with E-state index in [4.69, 9.17) is 4.89 Å². The topological polar surface area (TPSA) is 60.4 Å². The maximum Gasteiger partial charge on any atom is 0.132 e. The first-order chi connectivity index (χ1) is 12.8. The van der Waals surface area contributed by atoms with E-state index in [1.54, 1.807) is 0 Å². The largest absolute Gasteiger partial charge is 0.779 e. The zero-order valence-corrected chi connectivity index (χ0v) is 21.7. The number of hydrogen-bond donors (Lipinski definition) is 1. The Labute approximate surface area is 177 Å². The van der Waals surface area contributed by atoms with Gasteiger partial charge in [-0.25, -0.2) is 0 Å². The molecule has 0 heterocycles. The van der Waals surface area contributed by atoms with Crippen LogP contribution in [0.3, 0.4) is 0 Å². The summed E-state index contributed by atoms with van der Waals surface area (Å²) < 4.78 is 11.7. The lowest BCUT2D eigenvalue weighted by Crippen LogP contribution is -2.41. The predicted molar refractivity (Wildman–Crippen MR) is 125 cm³/mol. The Morgan fingerprint density at radius 1 is 0.893 bits per heavy atom. The van der Waals surface area contributed by atoms with Gasteiger partial charge in [-0.3, -0.25) is 0 Å². The number of unbranched alkanes of at least 4 members (excludes halogenated alkanes) is 4. The minimum Gasteiger partial charge on any atom is -0.779 e. The summed E-state index contributed by atoms with van der Waals surface area (Å²) in [6.45, 7) is 11.7. The fourth-order valence-electron chi connectivity index (χ4n) is 4.08. The molecule has 4 nitrogen and oxygen atoms in total. The van der Waals surface area contributed by atoms with Crippen LogP contribution in [0.1, 0.15) is 77.6 Å². The second-order valence-corrected chi connectivity index (χ2v) is 18.1. The van der Waals surface area contributed by atoms with Gasteiger partial charge in [0, 0.05) is 20.7 Å². The van der Waals surface area contributed by atoms with E-state index in [-0.39, 0.29) is 6.16 Å². The van der Waals surface area contributed by atoms with Crippen molar-refractivity contribution >= 4 is 15.7 Å². The highest BCUT2D eigenvalue weighted by atomic mass is 31.2. The van der Waals surface area contributed by atoms with Crippen LogP contribution >= 0.6 is 7.60 Å². The molecule has 0 saturated carbocycles. The van der Waals surface area contributed by atoms with Gasteiger partial charge in [0.25, 0.3) is 0 Å². The van der Waals surface area contributed by atoms with Gasteiger partial charge in [0.15, 0.2) is 0 Å². The quantitative estimate of drug-likeness (QED) is 0.127. The molecule has 6 heteroatoms. The lowest BCUT2D eigenvalue weighted by atomic mass is 9.92. The second-order valence-electron chi connectivity index (χ2n) is 10.8. The number of hydrogen-bond acceptors (Lipinski definition) is 2. The maximum absolute atomic E-state index is 10.8. The molecular formula is C22H50NO3PSi. The minimum atomic E-state index is -4.08. The average Bonchev–Trinajstić information content (AvgIpc) is 2.51. The average molecular weight is 436 g/mol. The van der Waals surface area contributed by atoms with Crippen molar-refractivity contribution in [3.05, 3.63) is 0 Å². The van der Waals surface area contributed by atoms with Crippen molar-refractivity contribution in [3.8, 4) is 0 Å². The maximum atomic E-state index is 10.8. The number of rotatable bonds is 18. The van der Waals surface area contributed by atoms with Crippen LogP contribution in [0.2, 0.25) is 25.7 Å². The molecule has 28 heavy (non-hydrogen) atoms. The highest BCUT2D eigenvalue weighted by Crippen LogP contribution is 2.29. The lowest BCUT2D eigenvalue weighted by Gasteiger charge is -2.30. The molecule has 0 aromatic heterocycles. The summed E-state index contributed by atoms with van der Waals surface area (Å²) in [7, 11) is -0.649. The highest BCUT2D eigenvalue weighted by Gasteiger charge is 2.16. The van der Waals surface area contributed by atoms with Crippen molar-refractivity contribution in [3.63, 3.8) is 0 Å². The summed E-state index contributed by atoms with van der Waals surface area (Å²) in [4.78, 5) is 19.7. The van der Waals surface area contributed by atoms with Gasteiger partial charge in [0.2, 0.25) is 0 Å². The molecule has 0 aromatic rings.